The standard InChI is InChI=1S/C11H9N3O4S2/c1-18-8-3-2-6(4-9(8)20(15,16)17)10-7(5-12)11(13)19-14-10/h2-4H,13H2,1H3,(H,15,16,17). The summed E-state index contributed by atoms with van der Waals surface area (Å²) in [5.74, 6) is -0.00189. The molecule has 3 N–H and O–H groups in total. The summed E-state index contributed by atoms with van der Waals surface area (Å²) < 4.78 is 40.7. The number of ether oxygens (including phenoxy) is 1. The molecular formula is C11H9N3O4S2. The van der Waals surface area contributed by atoms with Crippen molar-refractivity contribution in [3.8, 4) is 23.1 Å². The maximum absolute atomic E-state index is 11.3. The first kappa shape index (κ1) is 14.3. The van der Waals surface area contributed by atoms with Gasteiger partial charge < -0.3 is 10.5 Å². The number of nitrogens with two attached hydrogens (primary N) is 1. The van der Waals surface area contributed by atoms with Crippen molar-refractivity contribution in [2.24, 2.45) is 0 Å². The first-order valence-corrected chi connectivity index (χ1v) is 7.41. The highest BCUT2D eigenvalue weighted by Crippen LogP contribution is 2.33. The molecule has 0 atom stereocenters. The van der Waals surface area contributed by atoms with Gasteiger partial charge in [0, 0.05) is 5.56 Å². The average molecular weight is 311 g/mol. The van der Waals surface area contributed by atoms with Gasteiger partial charge >= 0.3 is 0 Å². The van der Waals surface area contributed by atoms with Gasteiger partial charge in [-0.15, -0.1) is 0 Å². The molecule has 0 amide bonds. The van der Waals surface area contributed by atoms with Crippen LogP contribution in [0.15, 0.2) is 23.1 Å². The van der Waals surface area contributed by atoms with Gasteiger partial charge in [0.05, 0.1) is 7.11 Å². The molecule has 1 aromatic carbocycles. The van der Waals surface area contributed by atoms with Crippen molar-refractivity contribution in [2.45, 2.75) is 4.90 Å². The Labute approximate surface area is 119 Å². The minimum absolute atomic E-state index is 0.00189. The summed E-state index contributed by atoms with van der Waals surface area (Å²) in [5, 5.41) is 9.27. The molecule has 2 rings (SSSR count). The Morgan fingerprint density at radius 2 is 2.20 bits per heavy atom. The highest BCUT2D eigenvalue weighted by molar-refractivity contribution is 7.86. The van der Waals surface area contributed by atoms with Gasteiger partial charge in [-0.3, -0.25) is 4.55 Å². The van der Waals surface area contributed by atoms with Gasteiger partial charge in [0.25, 0.3) is 10.1 Å². The zero-order valence-corrected chi connectivity index (χ0v) is 11.8. The Hall–Kier alpha value is -2.15. The van der Waals surface area contributed by atoms with Crippen molar-refractivity contribution in [3.05, 3.63) is 23.8 Å². The lowest BCUT2D eigenvalue weighted by atomic mass is 10.1. The van der Waals surface area contributed by atoms with Crippen LogP contribution in [0.3, 0.4) is 0 Å². The van der Waals surface area contributed by atoms with E-state index in [4.69, 9.17) is 15.7 Å². The molecule has 0 bridgehead atoms. The SMILES string of the molecule is COc1ccc(-c2nsc(N)c2C#N)cc1S(=O)(=O)O. The number of hydrogen-bond acceptors (Lipinski definition) is 7. The van der Waals surface area contributed by atoms with Crippen molar-refractivity contribution < 1.29 is 17.7 Å². The summed E-state index contributed by atoms with van der Waals surface area (Å²) in [5.41, 5.74) is 6.39. The van der Waals surface area contributed by atoms with Crippen LogP contribution >= 0.6 is 11.5 Å². The van der Waals surface area contributed by atoms with Crippen molar-refractivity contribution in [1.29, 1.82) is 5.26 Å². The minimum atomic E-state index is -4.45. The molecular weight excluding hydrogens is 302 g/mol. The number of rotatable bonds is 3. The van der Waals surface area contributed by atoms with E-state index in [9.17, 15) is 13.0 Å². The maximum atomic E-state index is 11.3. The van der Waals surface area contributed by atoms with Crippen LogP contribution < -0.4 is 10.5 Å². The molecule has 104 valence electrons. The lowest BCUT2D eigenvalue weighted by Gasteiger charge is -2.07. The lowest BCUT2D eigenvalue weighted by Crippen LogP contribution is -2.02. The Balaban J connectivity index is 2.69. The van der Waals surface area contributed by atoms with E-state index < -0.39 is 15.0 Å². The van der Waals surface area contributed by atoms with E-state index in [1.165, 1.54) is 25.3 Å². The van der Waals surface area contributed by atoms with Crippen LogP contribution in [-0.2, 0) is 10.1 Å². The van der Waals surface area contributed by atoms with Crippen LogP contribution in [0.2, 0.25) is 0 Å². The Kier molecular flexibility index (Phi) is 3.63. The molecule has 0 radical (unpaired) electrons. The average Bonchev–Trinajstić information content (AvgIpc) is 2.78. The summed E-state index contributed by atoms with van der Waals surface area (Å²) in [6.07, 6.45) is 0. The number of nitrogens with zero attached hydrogens (tertiary/aromatic N) is 2. The van der Waals surface area contributed by atoms with Crippen LogP contribution in [-0.4, -0.2) is 24.5 Å². The maximum Gasteiger partial charge on any atom is 0.298 e. The summed E-state index contributed by atoms with van der Waals surface area (Å²) in [4.78, 5) is -0.395. The molecule has 0 fully saturated rings. The summed E-state index contributed by atoms with van der Waals surface area (Å²) in [7, 11) is -3.17. The van der Waals surface area contributed by atoms with Gasteiger partial charge in [-0.2, -0.15) is 18.1 Å². The second-order valence-corrected chi connectivity index (χ2v) is 5.92. The van der Waals surface area contributed by atoms with E-state index in [1.807, 2.05) is 6.07 Å². The Morgan fingerprint density at radius 1 is 1.50 bits per heavy atom. The first-order valence-electron chi connectivity index (χ1n) is 5.19. The fourth-order valence-corrected chi connectivity index (χ4v) is 2.93. The smallest absolute Gasteiger partial charge is 0.298 e. The number of hydrogen-bond donors (Lipinski definition) is 2. The number of anilines is 1. The number of aromatic nitrogens is 1. The minimum Gasteiger partial charge on any atom is -0.495 e. The summed E-state index contributed by atoms with van der Waals surface area (Å²) in [6, 6.07) is 5.99. The van der Waals surface area contributed by atoms with Crippen molar-refractivity contribution >= 4 is 26.7 Å². The van der Waals surface area contributed by atoms with Crippen LogP contribution in [0.4, 0.5) is 5.00 Å². The van der Waals surface area contributed by atoms with E-state index in [0.29, 0.717) is 5.56 Å². The molecule has 1 heterocycles. The fourth-order valence-electron chi connectivity index (χ4n) is 1.63. The molecule has 1 aromatic heterocycles. The molecule has 0 saturated carbocycles. The molecule has 7 nitrogen and oxygen atoms in total. The normalized spacial score (nSPS) is 11.1. The third-order valence-electron chi connectivity index (χ3n) is 2.55. The van der Waals surface area contributed by atoms with E-state index >= 15 is 0 Å². The molecule has 0 aliphatic carbocycles. The molecule has 0 aliphatic heterocycles. The van der Waals surface area contributed by atoms with E-state index in [0.717, 1.165) is 11.5 Å². The number of nitrogen functional groups attached to an aromatic ring is 1. The quantitative estimate of drug-likeness (QED) is 0.823. The predicted octanol–water partition coefficient (Wildman–Crippen LogP) is 1.52. The highest BCUT2D eigenvalue weighted by Gasteiger charge is 2.20. The zero-order chi connectivity index (χ0) is 14.9. The second kappa shape index (κ2) is 5.09. The van der Waals surface area contributed by atoms with Gasteiger partial charge in [-0.25, -0.2) is 0 Å². The fraction of sp³-hybridized carbons (Fsp3) is 0.0909. The van der Waals surface area contributed by atoms with E-state index in [2.05, 4.69) is 4.37 Å². The monoisotopic (exact) mass is 311 g/mol. The molecule has 9 heteroatoms. The molecule has 2 aromatic rings. The number of benzene rings is 1. The van der Waals surface area contributed by atoms with Crippen molar-refractivity contribution in [3.63, 3.8) is 0 Å². The van der Waals surface area contributed by atoms with Crippen molar-refractivity contribution in [1.82, 2.24) is 4.37 Å². The third-order valence-corrected chi connectivity index (χ3v) is 4.09. The zero-order valence-electron chi connectivity index (χ0n) is 10.2. The first-order chi connectivity index (χ1) is 9.38. The molecule has 0 unspecified atom stereocenters. The number of nitriles is 1. The van der Waals surface area contributed by atoms with Gasteiger partial charge in [-0.05, 0) is 29.7 Å². The second-order valence-electron chi connectivity index (χ2n) is 3.72. The largest absolute Gasteiger partial charge is 0.495 e. The van der Waals surface area contributed by atoms with Gasteiger partial charge in [0.1, 0.15) is 33.0 Å². The molecule has 0 saturated heterocycles. The van der Waals surface area contributed by atoms with E-state index in [-0.39, 0.29) is 22.0 Å². The van der Waals surface area contributed by atoms with Crippen LogP contribution in [0.5, 0.6) is 5.75 Å². The molecule has 0 spiro atoms. The topological polar surface area (TPSA) is 126 Å². The lowest BCUT2D eigenvalue weighted by molar-refractivity contribution is 0.397. The van der Waals surface area contributed by atoms with Gasteiger partial charge in [0.15, 0.2) is 0 Å². The van der Waals surface area contributed by atoms with Crippen LogP contribution in [0.1, 0.15) is 5.56 Å². The third kappa shape index (κ3) is 2.44. The van der Waals surface area contributed by atoms with Crippen molar-refractivity contribution in [2.75, 3.05) is 12.8 Å². The predicted molar refractivity (Wildman–Crippen MR) is 73.0 cm³/mol. The molecule has 20 heavy (non-hydrogen) atoms. The van der Waals surface area contributed by atoms with Crippen LogP contribution in [0.25, 0.3) is 11.3 Å². The number of methoxy groups -OCH3 is 1. The Morgan fingerprint density at radius 3 is 2.75 bits per heavy atom. The van der Waals surface area contributed by atoms with E-state index in [1.54, 1.807) is 0 Å². The Bertz CT molecular complexity index is 806. The van der Waals surface area contributed by atoms with Crippen LogP contribution in [0, 0.1) is 11.3 Å². The highest BCUT2D eigenvalue weighted by atomic mass is 32.2. The summed E-state index contributed by atoms with van der Waals surface area (Å²) >= 11 is 0.936. The van der Waals surface area contributed by atoms with Gasteiger partial charge in [0.2, 0.25) is 0 Å². The molecule has 0 aliphatic rings. The van der Waals surface area contributed by atoms with Gasteiger partial charge in [-0.1, -0.05) is 0 Å². The summed E-state index contributed by atoms with van der Waals surface area (Å²) in [6.45, 7) is 0.